The van der Waals surface area contributed by atoms with Gasteiger partial charge in [-0.2, -0.15) is 0 Å². The molecule has 0 radical (unpaired) electrons. The molecule has 1 amide bonds. The molecule has 39 heavy (non-hydrogen) atoms. The number of aromatic nitrogens is 1. The number of rotatable bonds is 11. The number of hydrogen-bond acceptors (Lipinski definition) is 6. The molecule has 3 atom stereocenters. The summed E-state index contributed by atoms with van der Waals surface area (Å²) in [6.07, 6.45) is 8.05. The fourth-order valence-electron chi connectivity index (χ4n) is 6.09. The highest BCUT2D eigenvalue weighted by molar-refractivity contribution is 5.94. The van der Waals surface area contributed by atoms with E-state index in [-0.39, 0.29) is 36.6 Å². The summed E-state index contributed by atoms with van der Waals surface area (Å²) in [5.41, 5.74) is 2.59. The van der Waals surface area contributed by atoms with Crippen LogP contribution in [0.1, 0.15) is 65.4 Å². The number of likely N-dealkylation sites (tertiary alicyclic amines) is 1. The van der Waals surface area contributed by atoms with Crippen LogP contribution in [0.15, 0.2) is 54.4 Å². The highest BCUT2D eigenvalue weighted by Crippen LogP contribution is 2.45. The third-order valence-electron chi connectivity index (χ3n) is 7.61. The summed E-state index contributed by atoms with van der Waals surface area (Å²) in [6.45, 7) is 11.8. The number of ether oxygens (including phenoxy) is 2. The van der Waals surface area contributed by atoms with E-state index in [1.165, 1.54) is 5.57 Å². The lowest BCUT2D eigenvalue weighted by molar-refractivity contribution is -0.143. The van der Waals surface area contributed by atoms with E-state index >= 15 is 0 Å². The SMILES string of the molecule is CCCCN(C(=O)CN1C[C@H](c2ccc3c(c2)OCO3)[C@@H](C(=O)O)[C@@H]1CC(C)(C)C=C(C)C)c1cccnc1. The summed E-state index contributed by atoms with van der Waals surface area (Å²) in [5, 5.41) is 10.5. The minimum Gasteiger partial charge on any atom is -0.481 e. The van der Waals surface area contributed by atoms with Crippen molar-refractivity contribution >= 4 is 17.6 Å². The van der Waals surface area contributed by atoms with Gasteiger partial charge in [-0.3, -0.25) is 19.5 Å². The molecule has 0 saturated carbocycles. The summed E-state index contributed by atoms with van der Waals surface area (Å²) in [4.78, 5) is 34.8. The number of benzene rings is 1. The highest BCUT2D eigenvalue weighted by atomic mass is 16.7. The average Bonchev–Trinajstić information content (AvgIpc) is 3.48. The molecular formula is C31H41N3O5. The Morgan fingerprint density at radius 1 is 1.21 bits per heavy atom. The summed E-state index contributed by atoms with van der Waals surface area (Å²) >= 11 is 0. The number of nitrogens with zero attached hydrogens (tertiary/aromatic N) is 3. The first kappa shape index (κ1) is 28.6. The fourth-order valence-corrected chi connectivity index (χ4v) is 6.09. The lowest BCUT2D eigenvalue weighted by Gasteiger charge is -2.34. The second-order valence-electron chi connectivity index (χ2n) is 11.6. The smallest absolute Gasteiger partial charge is 0.308 e. The van der Waals surface area contributed by atoms with Gasteiger partial charge in [-0.25, -0.2) is 0 Å². The third-order valence-corrected chi connectivity index (χ3v) is 7.61. The highest BCUT2D eigenvalue weighted by Gasteiger charge is 2.48. The maximum atomic E-state index is 13.8. The zero-order valence-electron chi connectivity index (χ0n) is 23.7. The first-order chi connectivity index (χ1) is 18.6. The Hall–Kier alpha value is -3.39. The molecule has 4 rings (SSSR count). The molecule has 8 heteroatoms. The zero-order valence-corrected chi connectivity index (χ0v) is 23.7. The van der Waals surface area contributed by atoms with Crippen LogP contribution in [0.5, 0.6) is 11.5 Å². The molecule has 2 aliphatic heterocycles. The van der Waals surface area contributed by atoms with Crippen molar-refractivity contribution in [2.45, 2.75) is 65.8 Å². The average molecular weight is 536 g/mol. The molecule has 1 aromatic carbocycles. The van der Waals surface area contributed by atoms with Crippen LogP contribution in [0.25, 0.3) is 0 Å². The number of carbonyl (C=O) groups is 2. The molecule has 0 spiro atoms. The summed E-state index contributed by atoms with van der Waals surface area (Å²) in [5.74, 6) is -0.558. The van der Waals surface area contributed by atoms with Crippen LogP contribution in [-0.4, -0.2) is 59.3 Å². The molecule has 8 nitrogen and oxygen atoms in total. The Bertz CT molecular complexity index is 1190. The molecule has 1 saturated heterocycles. The number of carboxylic acids is 1. The Balaban J connectivity index is 1.68. The van der Waals surface area contributed by atoms with E-state index in [1.54, 1.807) is 17.3 Å². The van der Waals surface area contributed by atoms with Crippen molar-refractivity contribution in [3.63, 3.8) is 0 Å². The van der Waals surface area contributed by atoms with Crippen LogP contribution in [0.2, 0.25) is 0 Å². The second kappa shape index (κ2) is 12.2. The van der Waals surface area contributed by atoms with E-state index in [9.17, 15) is 14.7 Å². The summed E-state index contributed by atoms with van der Waals surface area (Å²) in [6, 6.07) is 9.08. The molecule has 1 aromatic heterocycles. The minimum atomic E-state index is -0.847. The van der Waals surface area contributed by atoms with Gasteiger partial charge in [0, 0.05) is 31.2 Å². The molecular weight excluding hydrogens is 494 g/mol. The van der Waals surface area contributed by atoms with Crippen LogP contribution in [-0.2, 0) is 9.59 Å². The van der Waals surface area contributed by atoms with Gasteiger partial charge in [0.05, 0.1) is 24.3 Å². The largest absolute Gasteiger partial charge is 0.481 e. The first-order valence-corrected chi connectivity index (χ1v) is 13.8. The minimum absolute atomic E-state index is 0.0445. The van der Waals surface area contributed by atoms with E-state index in [2.05, 4.69) is 50.6 Å². The van der Waals surface area contributed by atoms with Crippen LogP contribution < -0.4 is 14.4 Å². The first-order valence-electron chi connectivity index (χ1n) is 13.8. The predicted octanol–water partition coefficient (Wildman–Crippen LogP) is 5.49. The lowest BCUT2D eigenvalue weighted by atomic mass is 9.77. The van der Waals surface area contributed by atoms with E-state index in [4.69, 9.17) is 9.47 Å². The van der Waals surface area contributed by atoms with Gasteiger partial charge in [0.25, 0.3) is 0 Å². The van der Waals surface area contributed by atoms with Gasteiger partial charge in [0.1, 0.15) is 0 Å². The number of carboxylic acid groups (broad SMARTS) is 1. The molecule has 210 valence electrons. The molecule has 0 bridgehead atoms. The molecule has 0 unspecified atom stereocenters. The van der Waals surface area contributed by atoms with Gasteiger partial charge in [0.2, 0.25) is 12.7 Å². The van der Waals surface area contributed by atoms with Gasteiger partial charge in [-0.1, -0.05) is 44.9 Å². The van der Waals surface area contributed by atoms with E-state index in [0.29, 0.717) is 31.0 Å². The number of carbonyl (C=O) groups excluding carboxylic acids is 1. The molecule has 2 aromatic rings. The second-order valence-corrected chi connectivity index (χ2v) is 11.6. The number of unbranched alkanes of at least 4 members (excludes halogenated alkanes) is 1. The molecule has 0 aliphatic carbocycles. The maximum Gasteiger partial charge on any atom is 0.308 e. The number of anilines is 1. The standard InChI is InChI=1S/C31H41N3O5/c1-6-7-13-34(23-9-8-12-32-17-23)28(35)19-33-18-24(22-10-11-26-27(14-22)39-20-38-26)29(30(36)37)25(33)16-31(4,5)15-21(2)3/h8-12,14-15,17,24-25,29H,6-7,13,16,18-20H2,1-5H3,(H,36,37)/t24-,25+,29-/m1/s1. The molecule has 1 N–H and O–H groups in total. The van der Waals surface area contributed by atoms with Crippen LogP contribution >= 0.6 is 0 Å². The van der Waals surface area contributed by atoms with Crippen molar-refractivity contribution in [2.24, 2.45) is 11.3 Å². The van der Waals surface area contributed by atoms with Crippen molar-refractivity contribution in [1.82, 2.24) is 9.88 Å². The van der Waals surface area contributed by atoms with Crippen LogP contribution in [0.4, 0.5) is 5.69 Å². The van der Waals surface area contributed by atoms with Gasteiger partial charge in [-0.05, 0) is 61.9 Å². The molecule has 3 heterocycles. The fraction of sp³-hybridized carbons (Fsp3) is 0.516. The van der Waals surface area contributed by atoms with E-state index in [1.807, 2.05) is 30.3 Å². The maximum absolute atomic E-state index is 13.8. The monoisotopic (exact) mass is 535 g/mol. The number of hydrogen-bond donors (Lipinski definition) is 1. The third kappa shape index (κ3) is 6.79. The van der Waals surface area contributed by atoms with E-state index < -0.39 is 11.9 Å². The van der Waals surface area contributed by atoms with Crippen molar-refractivity contribution in [2.75, 3.05) is 31.3 Å². The summed E-state index contributed by atoms with van der Waals surface area (Å²) < 4.78 is 11.1. The van der Waals surface area contributed by atoms with Gasteiger partial charge in [-0.15, -0.1) is 0 Å². The van der Waals surface area contributed by atoms with Crippen LogP contribution in [0, 0.1) is 11.3 Å². The Morgan fingerprint density at radius 3 is 2.64 bits per heavy atom. The number of aliphatic carboxylic acids is 1. The Morgan fingerprint density at radius 2 is 1.97 bits per heavy atom. The van der Waals surface area contributed by atoms with Crippen LogP contribution in [0.3, 0.4) is 0 Å². The Labute approximate surface area is 231 Å². The summed E-state index contributed by atoms with van der Waals surface area (Å²) in [7, 11) is 0. The van der Waals surface area contributed by atoms with Crippen molar-refractivity contribution in [3.8, 4) is 11.5 Å². The zero-order chi connectivity index (χ0) is 28.2. The quantitative estimate of drug-likeness (QED) is 0.380. The van der Waals surface area contributed by atoms with Crippen molar-refractivity contribution < 1.29 is 24.2 Å². The number of fused-ring (bicyclic) bond motifs is 1. The van der Waals surface area contributed by atoms with Gasteiger partial charge >= 0.3 is 5.97 Å². The molecule has 2 aliphatic rings. The topological polar surface area (TPSA) is 92.2 Å². The van der Waals surface area contributed by atoms with Crippen molar-refractivity contribution in [1.29, 1.82) is 0 Å². The van der Waals surface area contributed by atoms with Crippen molar-refractivity contribution in [3.05, 3.63) is 59.9 Å². The molecule has 1 fully saturated rings. The number of allylic oxidation sites excluding steroid dienone is 2. The normalized spacial score (nSPS) is 20.6. The van der Waals surface area contributed by atoms with Gasteiger partial charge < -0.3 is 19.5 Å². The number of amides is 1. The predicted molar refractivity (Wildman–Crippen MR) is 151 cm³/mol. The Kier molecular flexibility index (Phi) is 8.95. The van der Waals surface area contributed by atoms with E-state index in [0.717, 1.165) is 24.1 Å². The lowest BCUT2D eigenvalue weighted by Crippen LogP contribution is -2.45. The van der Waals surface area contributed by atoms with Gasteiger partial charge in [0.15, 0.2) is 11.5 Å². The number of pyridine rings is 1.